The molecule has 0 saturated carbocycles. The van der Waals surface area contributed by atoms with Crippen LogP contribution in [0.5, 0.6) is 0 Å². The van der Waals surface area contributed by atoms with Crippen LogP contribution >= 0.6 is 0 Å². The number of hydrogen-bond acceptors (Lipinski definition) is 4. The summed E-state index contributed by atoms with van der Waals surface area (Å²) in [5, 5.41) is 12.6. The number of hydrogen-bond donors (Lipinski definition) is 1. The van der Waals surface area contributed by atoms with Crippen molar-refractivity contribution in [2.24, 2.45) is 0 Å². The first-order chi connectivity index (χ1) is 12.0. The van der Waals surface area contributed by atoms with E-state index in [1.54, 1.807) is 12.3 Å². The number of aromatic nitrogens is 6. The van der Waals surface area contributed by atoms with Crippen molar-refractivity contribution in [3.05, 3.63) is 48.3 Å². The van der Waals surface area contributed by atoms with Gasteiger partial charge >= 0.3 is 0 Å². The van der Waals surface area contributed by atoms with Crippen molar-refractivity contribution in [3.63, 3.8) is 0 Å². The van der Waals surface area contributed by atoms with Crippen molar-refractivity contribution in [2.45, 2.75) is 26.8 Å². The van der Waals surface area contributed by atoms with Crippen LogP contribution in [0, 0.1) is 12.7 Å². The average Bonchev–Trinajstić information content (AvgIpc) is 3.21. The van der Waals surface area contributed by atoms with Crippen LogP contribution in [0.15, 0.2) is 36.8 Å². The number of halogens is 1. The molecule has 4 aromatic heterocycles. The summed E-state index contributed by atoms with van der Waals surface area (Å²) in [6.45, 7) is 6.06. The fourth-order valence-corrected chi connectivity index (χ4v) is 2.84. The molecular formula is C18H17FN6. The lowest BCUT2D eigenvalue weighted by Gasteiger charge is -2.05. The summed E-state index contributed by atoms with van der Waals surface area (Å²) in [6, 6.07) is 5.24. The van der Waals surface area contributed by atoms with Gasteiger partial charge in [0.2, 0.25) is 0 Å². The molecule has 25 heavy (non-hydrogen) atoms. The maximum Gasteiger partial charge on any atom is 0.155 e. The Kier molecular flexibility index (Phi) is 3.56. The van der Waals surface area contributed by atoms with Crippen LogP contribution in [0.3, 0.4) is 0 Å². The van der Waals surface area contributed by atoms with Crippen LogP contribution in [0.1, 0.15) is 25.6 Å². The van der Waals surface area contributed by atoms with Gasteiger partial charge in [0.05, 0.1) is 18.1 Å². The van der Waals surface area contributed by atoms with Crippen LogP contribution in [0.25, 0.3) is 33.5 Å². The fourth-order valence-electron chi connectivity index (χ4n) is 2.84. The van der Waals surface area contributed by atoms with Crippen molar-refractivity contribution in [2.75, 3.05) is 0 Å². The fraction of sp³-hybridized carbons (Fsp3) is 0.222. The smallest absolute Gasteiger partial charge is 0.155 e. The molecule has 6 nitrogen and oxygen atoms in total. The summed E-state index contributed by atoms with van der Waals surface area (Å²) in [5.74, 6) is -0.370. The molecule has 0 aliphatic heterocycles. The Morgan fingerprint density at radius 3 is 2.72 bits per heavy atom. The molecule has 0 atom stereocenters. The minimum absolute atomic E-state index is 0.190. The van der Waals surface area contributed by atoms with Crippen LogP contribution in [0.4, 0.5) is 4.39 Å². The van der Waals surface area contributed by atoms with Crippen LogP contribution in [-0.4, -0.2) is 29.9 Å². The number of rotatable bonds is 3. The largest absolute Gasteiger partial charge is 0.269 e. The summed E-state index contributed by atoms with van der Waals surface area (Å²) in [5.41, 5.74) is 4.84. The second-order valence-electron chi connectivity index (χ2n) is 6.27. The Morgan fingerprint density at radius 2 is 2.00 bits per heavy atom. The van der Waals surface area contributed by atoms with Crippen LogP contribution in [-0.2, 0) is 0 Å². The SMILES string of the molecule is Cc1cc(-c2cn(C(C)C)nc2-c2ccc(F)cn2)c2cn[nH]c2n1. The molecule has 0 aliphatic rings. The molecule has 0 bridgehead atoms. The lowest BCUT2D eigenvalue weighted by molar-refractivity contribution is 0.534. The Labute approximate surface area is 143 Å². The average molecular weight is 336 g/mol. The number of fused-ring (bicyclic) bond motifs is 1. The van der Waals surface area contributed by atoms with Gasteiger partial charge in [-0.15, -0.1) is 0 Å². The Balaban J connectivity index is 2.00. The lowest BCUT2D eigenvalue weighted by atomic mass is 10.0. The summed E-state index contributed by atoms with van der Waals surface area (Å²) in [6.07, 6.45) is 4.96. The van der Waals surface area contributed by atoms with E-state index in [1.807, 2.05) is 23.9 Å². The van der Waals surface area contributed by atoms with E-state index in [0.717, 1.165) is 27.9 Å². The highest BCUT2D eigenvalue weighted by Gasteiger charge is 2.19. The number of aryl methyl sites for hydroxylation is 1. The van der Waals surface area contributed by atoms with Gasteiger partial charge in [-0.1, -0.05) is 0 Å². The van der Waals surface area contributed by atoms with E-state index in [0.29, 0.717) is 11.4 Å². The van der Waals surface area contributed by atoms with Crippen molar-refractivity contribution in [3.8, 4) is 22.5 Å². The molecule has 4 rings (SSSR count). The third-order valence-corrected chi connectivity index (χ3v) is 4.07. The van der Waals surface area contributed by atoms with Gasteiger partial charge in [-0.05, 0) is 44.5 Å². The predicted molar refractivity (Wildman–Crippen MR) is 93.4 cm³/mol. The molecule has 0 amide bonds. The maximum absolute atomic E-state index is 13.3. The third kappa shape index (κ3) is 2.67. The van der Waals surface area contributed by atoms with E-state index in [1.165, 1.54) is 12.3 Å². The Hall–Kier alpha value is -3.09. The van der Waals surface area contributed by atoms with Crippen molar-refractivity contribution >= 4 is 11.0 Å². The number of nitrogens with one attached hydrogen (secondary N) is 1. The van der Waals surface area contributed by atoms with Gasteiger partial charge in [0, 0.05) is 28.9 Å². The Morgan fingerprint density at radius 1 is 1.16 bits per heavy atom. The summed E-state index contributed by atoms with van der Waals surface area (Å²) < 4.78 is 15.2. The monoisotopic (exact) mass is 336 g/mol. The van der Waals surface area contributed by atoms with Crippen molar-refractivity contribution < 1.29 is 4.39 Å². The minimum atomic E-state index is -0.370. The van der Waals surface area contributed by atoms with Gasteiger partial charge in [0.15, 0.2) is 5.65 Å². The van der Waals surface area contributed by atoms with Crippen molar-refractivity contribution in [1.82, 2.24) is 29.9 Å². The van der Waals surface area contributed by atoms with E-state index in [-0.39, 0.29) is 11.9 Å². The van der Waals surface area contributed by atoms with Crippen molar-refractivity contribution in [1.29, 1.82) is 0 Å². The summed E-state index contributed by atoms with van der Waals surface area (Å²) in [4.78, 5) is 8.67. The first-order valence-corrected chi connectivity index (χ1v) is 8.05. The molecule has 126 valence electrons. The van der Waals surface area contributed by atoms with E-state index < -0.39 is 0 Å². The minimum Gasteiger partial charge on any atom is -0.269 e. The third-order valence-electron chi connectivity index (χ3n) is 4.07. The van der Waals surface area contributed by atoms with Gasteiger partial charge < -0.3 is 0 Å². The number of H-pyrrole nitrogens is 1. The molecule has 4 aromatic rings. The second kappa shape index (κ2) is 5.77. The van der Waals surface area contributed by atoms with E-state index in [2.05, 4.69) is 39.1 Å². The lowest BCUT2D eigenvalue weighted by Crippen LogP contribution is -2.00. The van der Waals surface area contributed by atoms with Gasteiger partial charge in [-0.25, -0.2) is 9.37 Å². The van der Waals surface area contributed by atoms with E-state index in [9.17, 15) is 4.39 Å². The molecule has 0 radical (unpaired) electrons. The first-order valence-electron chi connectivity index (χ1n) is 8.05. The highest BCUT2D eigenvalue weighted by Crippen LogP contribution is 2.35. The standard InChI is InChI=1S/C18H17FN6/c1-10(2)25-9-15(17(24-25)16-5-4-12(19)7-20-16)13-6-11(3)22-18-14(13)8-21-23-18/h4-10H,1-3H3,(H,21,22,23). The quantitative estimate of drug-likeness (QED) is 0.615. The molecule has 0 fully saturated rings. The summed E-state index contributed by atoms with van der Waals surface area (Å²) in [7, 11) is 0. The van der Waals surface area contributed by atoms with Gasteiger partial charge in [0.25, 0.3) is 0 Å². The van der Waals surface area contributed by atoms with Gasteiger partial charge in [-0.2, -0.15) is 10.2 Å². The molecule has 7 heteroatoms. The molecule has 0 saturated heterocycles. The number of nitrogens with zero attached hydrogens (tertiary/aromatic N) is 5. The predicted octanol–water partition coefficient (Wildman–Crippen LogP) is 3.91. The zero-order valence-corrected chi connectivity index (χ0v) is 14.2. The molecule has 0 spiro atoms. The number of pyridine rings is 2. The first kappa shape index (κ1) is 15.4. The van der Waals surface area contributed by atoms with Gasteiger partial charge in [-0.3, -0.25) is 14.8 Å². The zero-order chi connectivity index (χ0) is 17.6. The molecule has 0 unspecified atom stereocenters. The van der Waals surface area contributed by atoms with Gasteiger partial charge in [0.1, 0.15) is 11.5 Å². The van der Waals surface area contributed by atoms with Crippen LogP contribution in [0.2, 0.25) is 0 Å². The highest BCUT2D eigenvalue weighted by molar-refractivity contribution is 5.96. The second-order valence-corrected chi connectivity index (χ2v) is 6.27. The van der Waals surface area contributed by atoms with E-state index in [4.69, 9.17) is 0 Å². The molecular weight excluding hydrogens is 319 g/mol. The van der Waals surface area contributed by atoms with E-state index >= 15 is 0 Å². The van der Waals surface area contributed by atoms with Crippen LogP contribution < -0.4 is 0 Å². The number of aromatic amines is 1. The summed E-state index contributed by atoms with van der Waals surface area (Å²) >= 11 is 0. The molecule has 0 aromatic carbocycles. The zero-order valence-electron chi connectivity index (χ0n) is 14.2. The normalized spacial score (nSPS) is 11.6. The molecule has 4 heterocycles. The molecule has 0 aliphatic carbocycles. The molecule has 1 N–H and O–H groups in total. The Bertz CT molecular complexity index is 1050. The maximum atomic E-state index is 13.3. The highest BCUT2D eigenvalue weighted by atomic mass is 19.1. The topological polar surface area (TPSA) is 72.3 Å².